The first kappa shape index (κ1) is 14.8. The molecule has 3 rings (SSSR count). The predicted octanol–water partition coefficient (Wildman–Crippen LogP) is 2.06. The van der Waals surface area contributed by atoms with Gasteiger partial charge in [-0.05, 0) is 43.2 Å². The topological polar surface area (TPSA) is 67.8 Å². The van der Waals surface area contributed by atoms with Crippen LogP contribution in [-0.4, -0.2) is 30.6 Å². The lowest BCUT2D eigenvalue weighted by molar-refractivity contribution is -0.126. The monoisotopic (exact) mass is 300 g/mol. The summed E-state index contributed by atoms with van der Waals surface area (Å²) >= 11 is 0. The Bertz CT molecular complexity index is 587. The molecule has 0 saturated carbocycles. The molecular formula is C17H20N2O3. The number of carbonyl (C=O) groups is 2. The number of carbonyl (C=O) groups excluding carboxylic acids is 2. The van der Waals surface area contributed by atoms with E-state index in [-0.39, 0.29) is 30.3 Å². The third-order valence-corrected chi connectivity index (χ3v) is 4.18. The molecule has 116 valence electrons. The summed E-state index contributed by atoms with van der Waals surface area (Å²) in [6, 6.07) is 0. The zero-order valence-corrected chi connectivity index (χ0v) is 12.5. The van der Waals surface area contributed by atoms with Gasteiger partial charge in [-0.2, -0.15) is 0 Å². The zero-order valence-electron chi connectivity index (χ0n) is 12.5. The number of aliphatic imine (C=N–C) groups is 1. The normalized spacial score (nSPS) is 26.2. The van der Waals surface area contributed by atoms with Crippen molar-refractivity contribution in [3.8, 4) is 0 Å². The molecule has 0 fully saturated rings. The molecule has 2 aliphatic heterocycles. The average Bonchev–Trinajstić information content (AvgIpc) is 2.59. The maximum atomic E-state index is 12.3. The van der Waals surface area contributed by atoms with E-state index < -0.39 is 6.17 Å². The van der Waals surface area contributed by atoms with Crippen LogP contribution in [0.15, 0.2) is 40.8 Å². The van der Waals surface area contributed by atoms with E-state index in [1.165, 1.54) is 5.57 Å². The van der Waals surface area contributed by atoms with Crippen molar-refractivity contribution in [2.45, 2.75) is 38.3 Å². The molecular weight excluding hydrogens is 280 g/mol. The van der Waals surface area contributed by atoms with Crippen molar-refractivity contribution >= 4 is 17.8 Å². The summed E-state index contributed by atoms with van der Waals surface area (Å²) in [6.45, 7) is 0.764. The molecule has 0 spiro atoms. The summed E-state index contributed by atoms with van der Waals surface area (Å²) in [5.74, 6) is 0.904. The highest BCUT2D eigenvalue weighted by Crippen LogP contribution is 2.31. The van der Waals surface area contributed by atoms with Crippen LogP contribution in [0.1, 0.15) is 32.1 Å². The third kappa shape index (κ3) is 3.35. The molecule has 2 unspecified atom stereocenters. The van der Waals surface area contributed by atoms with Crippen molar-refractivity contribution < 1.29 is 14.3 Å². The maximum absolute atomic E-state index is 12.3. The minimum Gasteiger partial charge on any atom is -0.494 e. The van der Waals surface area contributed by atoms with Crippen molar-refractivity contribution in [2.24, 2.45) is 10.9 Å². The van der Waals surface area contributed by atoms with Gasteiger partial charge in [0.15, 0.2) is 11.9 Å². The fourth-order valence-electron chi connectivity index (χ4n) is 2.93. The first-order valence-corrected chi connectivity index (χ1v) is 7.77. The van der Waals surface area contributed by atoms with E-state index in [0.29, 0.717) is 0 Å². The van der Waals surface area contributed by atoms with Crippen LogP contribution in [0.3, 0.4) is 0 Å². The molecule has 5 nitrogen and oxygen atoms in total. The Morgan fingerprint density at radius 2 is 2.18 bits per heavy atom. The lowest BCUT2D eigenvalue weighted by Gasteiger charge is -2.25. The van der Waals surface area contributed by atoms with Crippen LogP contribution < -0.4 is 5.32 Å². The van der Waals surface area contributed by atoms with E-state index in [9.17, 15) is 9.59 Å². The largest absolute Gasteiger partial charge is 0.494 e. The molecule has 0 bridgehead atoms. The summed E-state index contributed by atoms with van der Waals surface area (Å²) in [6.07, 6.45) is 11.6. The number of allylic oxidation sites excluding steroid dienone is 4. The van der Waals surface area contributed by atoms with Gasteiger partial charge in [0.05, 0.1) is 6.61 Å². The van der Waals surface area contributed by atoms with E-state index in [4.69, 9.17) is 4.74 Å². The van der Waals surface area contributed by atoms with Crippen molar-refractivity contribution in [3.63, 3.8) is 0 Å². The van der Waals surface area contributed by atoms with Crippen LogP contribution in [0.5, 0.6) is 0 Å². The van der Waals surface area contributed by atoms with Gasteiger partial charge in [-0.25, -0.2) is 0 Å². The summed E-state index contributed by atoms with van der Waals surface area (Å²) in [4.78, 5) is 28.4. The molecule has 5 heteroatoms. The number of ketones is 2. The molecule has 0 aromatic rings. The van der Waals surface area contributed by atoms with E-state index in [1.807, 2.05) is 12.2 Å². The Balaban J connectivity index is 1.50. The quantitative estimate of drug-likeness (QED) is 0.844. The lowest BCUT2D eigenvalue weighted by atomic mass is 9.85. The fraction of sp³-hybridized carbons (Fsp3) is 0.471. The van der Waals surface area contributed by atoms with Crippen LogP contribution in [-0.2, 0) is 14.3 Å². The van der Waals surface area contributed by atoms with E-state index in [2.05, 4.69) is 10.3 Å². The van der Waals surface area contributed by atoms with Gasteiger partial charge < -0.3 is 10.1 Å². The standard InChI is InChI=1S/C17H20N2O3/c20-14(5-6-15(21)17-18-8-2-9-19-17)12-4-7-16-13(11-12)3-1-10-22-16/h2,4,7-9,12,17-18H,1,3,5-6,10-11H2. The Kier molecular flexibility index (Phi) is 4.51. The Labute approximate surface area is 129 Å². The number of hydrogen-bond acceptors (Lipinski definition) is 5. The van der Waals surface area contributed by atoms with Gasteiger partial charge in [-0.15, -0.1) is 0 Å². The SMILES string of the molecule is O=C(CCC(=O)C1N=CC=CN1)C1C=CC2=C(CCCO2)C1. The fourth-order valence-corrected chi connectivity index (χ4v) is 2.93. The third-order valence-electron chi connectivity index (χ3n) is 4.18. The first-order valence-electron chi connectivity index (χ1n) is 7.77. The second kappa shape index (κ2) is 6.73. The molecule has 1 aliphatic carbocycles. The summed E-state index contributed by atoms with van der Waals surface area (Å²) in [5.41, 5.74) is 1.24. The number of nitrogens with one attached hydrogen (secondary N) is 1. The van der Waals surface area contributed by atoms with Crippen molar-refractivity contribution in [2.75, 3.05) is 6.61 Å². The molecule has 0 aromatic heterocycles. The minimum atomic E-state index is -0.541. The Hall–Kier alpha value is -2.17. The number of ether oxygens (including phenoxy) is 1. The van der Waals surface area contributed by atoms with Gasteiger partial charge in [0.1, 0.15) is 11.5 Å². The summed E-state index contributed by atoms with van der Waals surface area (Å²) in [7, 11) is 0. The smallest absolute Gasteiger partial charge is 0.177 e. The van der Waals surface area contributed by atoms with Gasteiger partial charge in [0.2, 0.25) is 0 Å². The van der Waals surface area contributed by atoms with E-state index in [0.717, 1.165) is 31.6 Å². The van der Waals surface area contributed by atoms with Crippen molar-refractivity contribution in [1.82, 2.24) is 5.32 Å². The average molecular weight is 300 g/mol. The first-order chi connectivity index (χ1) is 10.7. The van der Waals surface area contributed by atoms with Crippen LogP contribution in [0, 0.1) is 5.92 Å². The van der Waals surface area contributed by atoms with Crippen LogP contribution >= 0.6 is 0 Å². The molecule has 0 aromatic carbocycles. The molecule has 3 aliphatic rings. The molecule has 2 atom stereocenters. The lowest BCUT2D eigenvalue weighted by Crippen LogP contribution is -2.33. The molecule has 0 radical (unpaired) electrons. The van der Waals surface area contributed by atoms with E-state index >= 15 is 0 Å². The molecule has 2 heterocycles. The molecule has 0 amide bonds. The molecule has 0 saturated heterocycles. The number of hydrogen-bond donors (Lipinski definition) is 1. The Morgan fingerprint density at radius 3 is 3.00 bits per heavy atom. The predicted molar refractivity (Wildman–Crippen MR) is 83.3 cm³/mol. The van der Waals surface area contributed by atoms with Crippen molar-refractivity contribution in [3.05, 3.63) is 35.8 Å². The van der Waals surface area contributed by atoms with E-state index in [1.54, 1.807) is 18.5 Å². The maximum Gasteiger partial charge on any atom is 0.177 e. The van der Waals surface area contributed by atoms with Gasteiger partial charge in [0, 0.05) is 25.0 Å². The Morgan fingerprint density at radius 1 is 1.32 bits per heavy atom. The number of rotatable bonds is 5. The second-order valence-electron chi connectivity index (χ2n) is 5.75. The molecule has 1 N–H and O–H groups in total. The summed E-state index contributed by atoms with van der Waals surface area (Å²) in [5, 5.41) is 2.88. The highest BCUT2D eigenvalue weighted by molar-refractivity contribution is 5.92. The van der Waals surface area contributed by atoms with Gasteiger partial charge in [-0.1, -0.05) is 6.08 Å². The zero-order chi connectivity index (χ0) is 15.4. The van der Waals surface area contributed by atoms with Gasteiger partial charge in [0.25, 0.3) is 0 Å². The second-order valence-corrected chi connectivity index (χ2v) is 5.75. The summed E-state index contributed by atoms with van der Waals surface area (Å²) < 4.78 is 5.58. The van der Waals surface area contributed by atoms with Crippen LogP contribution in [0.2, 0.25) is 0 Å². The van der Waals surface area contributed by atoms with Gasteiger partial charge >= 0.3 is 0 Å². The highest BCUT2D eigenvalue weighted by Gasteiger charge is 2.26. The van der Waals surface area contributed by atoms with Gasteiger partial charge in [-0.3, -0.25) is 14.6 Å². The van der Waals surface area contributed by atoms with Crippen LogP contribution in [0.25, 0.3) is 0 Å². The number of nitrogens with zero attached hydrogens (tertiary/aromatic N) is 1. The van der Waals surface area contributed by atoms with Crippen molar-refractivity contribution in [1.29, 1.82) is 0 Å². The molecule has 22 heavy (non-hydrogen) atoms. The highest BCUT2D eigenvalue weighted by atomic mass is 16.5. The van der Waals surface area contributed by atoms with Crippen LogP contribution in [0.4, 0.5) is 0 Å². The number of Topliss-reactive ketones (excluding diaryl/α,β-unsaturated/α-hetero) is 2. The minimum absolute atomic E-state index is 0.0466.